The maximum absolute atomic E-state index is 5.35. The van der Waals surface area contributed by atoms with Crippen molar-refractivity contribution in [2.24, 2.45) is 0 Å². The van der Waals surface area contributed by atoms with E-state index in [1.54, 1.807) is 7.05 Å². The summed E-state index contributed by atoms with van der Waals surface area (Å²) in [6.07, 6.45) is 0. The highest BCUT2D eigenvalue weighted by Gasteiger charge is 2.19. The van der Waals surface area contributed by atoms with Gasteiger partial charge >= 0.3 is 0 Å². The van der Waals surface area contributed by atoms with Gasteiger partial charge in [0.1, 0.15) is 0 Å². The first kappa shape index (κ1) is 18.3. The minimum absolute atomic E-state index is 0.183. The molecule has 0 aliphatic heterocycles. The zero-order chi connectivity index (χ0) is 16.4. The first-order valence-corrected chi connectivity index (χ1v) is 7.25. The Labute approximate surface area is 130 Å². The molecular weight excluding hydrogens is 292 g/mol. The van der Waals surface area contributed by atoms with Gasteiger partial charge in [0.05, 0.1) is 26.4 Å². The lowest BCUT2D eigenvalue weighted by Crippen LogP contribution is -2.30. The molecule has 1 aromatic rings. The molecule has 0 aliphatic rings. The normalized spacial score (nSPS) is 10.6. The molecule has 0 bridgehead atoms. The highest BCUT2D eigenvalue weighted by atomic mass is 17.0. The second kappa shape index (κ2) is 10.1. The Morgan fingerprint density at radius 1 is 0.727 bits per heavy atom. The first-order chi connectivity index (χ1) is 10.7. The van der Waals surface area contributed by atoms with Crippen LogP contribution in [0, 0.1) is 0 Å². The number of rotatable bonds is 11. The number of anilines is 3. The van der Waals surface area contributed by atoms with Crippen molar-refractivity contribution in [2.45, 2.75) is 27.7 Å². The van der Waals surface area contributed by atoms with Crippen LogP contribution in [-0.4, -0.2) is 48.4 Å². The average molecular weight is 316 g/mol. The predicted octanol–water partition coefficient (Wildman–Crippen LogP) is 1.33. The Hall–Kier alpha value is -1.75. The van der Waals surface area contributed by atoms with Gasteiger partial charge in [0.2, 0.25) is 5.95 Å². The van der Waals surface area contributed by atoms with E-state index < -0.39 is 0 Å². The van der Waals surface area contributed by atoms with Crippen LogP contribution in [0.5, 0.6) is 0 Å². The second-order valence-electron chi connectivity index (χ2n) is 3.69. The van der Waals surface area contributed by atoms with Gasteiger partial charge in [-0.1, -0.05) is 10.5 Å². The van der Waals surface area contributed by atoms with E-state index >= 15 is 0 Å². The van der Waals surface area contributed by atoms with Crippen LogP contribution in [0.1, 0.15) is 27.7 Å². The molecule has 1 heterocycles. The number of nitrogens with one attached hydrogen (secondary N) is 1. The maximum atomic E-state index is 5.35. The largest absolute Gasteiger partial charge is 0.357 e. The van der Waals surface area contributed by atoms with Gasteiger partial charge < -0.3 is 5.32 Å². The Balaban J connectivity index is 3.14. The molecule has 0 saturated carbocycles. The number of hydrogen-bond acceptors (Lipinski definition) is 10. The second-order valence-corrected chi connectivity index (χ2v) is 3.69. The lowest BCUT2D eigenvalue weighted by atomic mass is 10.8. The predicted molar refractivity (Wildman–Crippen MR) is 80.8 cm³/mol. The summed E-state index contributed by atoms with van der Waals surface area (Å²) < 4.78 is 0. The molecule has 0 spiro atoms. The molecule has 0 unspecified atom stereocenters. The quantitative estimate of drug-likeness (QED) is 0.602. The molecule has 1 rings (SSSR count). The van der Waals surface area contributed by atoms with Crippen LogP contribution in [-0.2, 0) is 19.4 Å². The van der Waals surface area contributed by atoms with E-state index in [0.29, 0.717) is 32.4 Å². The molecule has 10 heteroatoms. The highest BCUT2D eigenvalue weighted by molar-refractivity contribution is 5.40. The Morgan fingerprint density at radius 2 is 1.09 bits per heavy atom. The van der Waals surface area contributed by atoms with Crippen LogP contribution in [0.2, 0.25) is 0 Å². The number of aromatic nitrogens is 3. The lowest BCUT2D eigenvalue weighted by Gasteiger charge is -2.22. The molecule has 22 heavy (non-hydrogen) atoms. The first-order valence-electron chi connectivity index (χ1n) is 7.25. The van der Waals surface area contributed by atoms with E-state index in [0.717, 1.165) is 10.5 Å². The fourth-order valence-corrected chi connectivity index (χ4v) is 1.40. The summed E-state index contributed by atoms with van der Waals surface area (Å²) in [5, 5.41) is 5.13. The van der Waals surface area contributed by atoms with Crippen molar-refractivity contribution in [3.8, 4) is 0 Å². The van der Waals surface area contributed by atoms with Gasteiger partial charge in [-0.2, -0.15) is 15.0 Å². The molecule has 1 aromatic heterocycles. The lowest BCUT2D eigenvalue weighted by molar-refractivity contribution is -0.0896. The van der Waals surface area contributed by atoms with E-state index in [9.17, 15) is 0 Å². The smallest absolute Gasteiger partial charge is 0.284 e. The van der Waals surface area contributed by atoms with Gasteiger partial charge in [0, 0.05) is 7.05 Å². The third kappa shape index (κ3) is 5.22. The zero-order valence-electron chi connectivity index (χ0n) is 13.7. The Kier molecular flexibility index (Phi) is 8.36. The van der Waals surface area contributed by atoms with Crippen LogP contribution < -0.4 is 15.8 Å². The van der Waals surface area contributed by atoms with Crippen molar-refractivity contribution >= 4 is 17.8 Å². The molecule has 0 atom stereocenters. The summed E-state index contributed by atoms with van der Waals surface area (Å²) in [4.78, 5) is 34.1. The summed E-state index contributed by atoms with van der Waals surface area (Å²) in [5.41, 5.74) is 0. The van der Waals surface area contributed by atoms with Gasteiger partial charge in [-0.05, 0) is 27.7 Å². The molecular formula is C12H24N6O4. The molecule has 0 fully saturated rings. The third-order valence-corrected chi connectivity index (χ3v) is 2.15. The van der Waals surface area contributed by atoms with E-state index in [2.05, 4.69) is 20.3 Å². The maximum Gasteiger partial charge on any atom is 0.284 e. The van der Waals surface area contributed by atoms with Crippen LogP contribution in [0.4, 0.5) is 17.8 Å². The minimum atomic E-state index is 0.183. The van der Waals surface area contributed by atoms with E-state index in [4.69, 9.17) is 19.4 Å². The van der Waals surface area contributed by atoms with Crippen molar-refractivity contribution < 1.29 is 19.4 Å². The van der Waals surface area contributed by atoms with Crippen LogP contribution in [0.3, 0.4) is 0 Å². The molecule has 10 nitrogen and oxygen atoms in total. The van der Waals surface area contributed by atoms with Crippen molar-refractivity contribution in [1.82, 2.24) is 15.0 Å². The summed E-state index contributed by atoms with van der Waals surface area (Å²) >= 11 is 0. The average Bonchev–Trinajstić information content (AvgIpc) is 2.54. The Bertz CT molecular complexity index is 390. The van der Waals surface area contributed by atoms with Gasteiger partial charge in [0.15, 0.2) is 0 Å². The van der Waals surface area contributed by atoms with E-state index in [1.165, 1.54) is 0 Å². The summed E-state index contributed by atoms with van der Waals surface area (Å²) in [7, 11) is 1.69. The number of nitrogens with zero attached hydrogens (tertiary/aromatic N) is 5. The third-order valence-electron chi connectivity index (χ3n) is 2.15. The van der Waals surface area contributed by atoms with Crippen LogP contribution >= 0.6 is 0 Å². The Morgan fingerprint density at radius 3 is 1.36 bits per heavy atom. The topological polar surface area (TPSA) is 94.1 Å². The molecule has 126 valence electrons. The standard InChI is InChI=1S/C12H24N6O4/c1-6-19-17(20-7-2)11-14-10(13-5)15-12(16-11)18(21-8-3)22-9-4/h6-9H2,1-5H3,(H,13,14,15,16). The van der Waals surface area contributed by atoms with Crippen LogP contribution in [0.25, 0.3) is 0 Å². The van der Waals surface area contributed by atoms with Gasteiger partial charge in [-0.25, -0.2) is 19.4 Å². The van der Waals surface area contributed by atoms with E-state index in [1.807, 2.05) is 27.7 Å². The summed E-state index contributed by atoms with van der Waals surface area (Å²) in [6, 6.07) is 0. The monoisotopic (exact) mass is 316 g/mol. The van der Waals surface area contributed by atoms with Gasteiger partial charge in [-0.3, -0.25) is 0 Å². The van der Waals surface area contributed by atoms with Crippen molar-refractivity contribution in [2.75, 3.05) is 49.2 Å². The number of hydrogen-bond donors (Lipinski definition) is 1. The van der Waals surface area contributed by atoms with Gasteiger partial charge in [-0.15, -0.1) is 0 Å². The molecule has 0 saturated heterocycles. The molecule has 0 amide bonds. The SMILES string of the molecule is CCON(OCC)c1nc(NC)nc(N(OCC)OCC)n1. The molecule has 0 radical (unpaired) electrons. The fourth-order valence-electron chi connectivity index (χ4n) is 1.40. The van der Waals surface area contributed by atoms with E-state index in [-0.39, 0.29) is 11.9 Å². The zero-order valence-corrected chi connectivity index (χ0v) is 13.7. The minimum Gasteiger partial charge on any atom is -0.357 e. The fraction of sp³-hybridized carbons (Fsp3) is 0.750. The molecule has 1 N–H and O–H groups in total. The van der Waals surface area contributed by atoms with Gasteiger partial charge in [0.25, 0.3) is 11.9 Å². The van der Waals surface area contributed by atoms with Crippen molar-refractivity contribution in [3.05, 3.63) is 0 Å². The van der Waals surface area contributed by atoms with Crippen LogP contribution in [0.15, 0.2) is 0 Å². The summed E-state index contributed by atoms with van der Waals surface area (Å²) in [5.74, 6) is 0.693. The van der Waals surface area contributed by atoms with Crippen molar-refractivity contribution in [3.63, 3.8) is 0 Å². The molecule has 0 aliphatic carbocycles. The van der Waals surface area contributed by atoms with Crippen molar-refractivity contribution in [1.29, 1.82) is 0 Å². The highest BCUT2D eigenvalue weighted by Crippen LogP contribution is 2.18. The summed E-state index contributed by atoms with van der Waals surface area (Å²) in [6.45, 7) is 8.93. The molecule has 0 aromatic carbocycles.